The van der Waals surface area contributed by atoms with Crippen LogP contribution in [-0.2, 0) is 11.2 Å². The number of hydrogen-bond acceptors (Lipinski definition) is 3. The number of nitrogens with zero attached hydrogens (tertiary/aromatic N) is 2. The summed E-state index contributed by atoms with van der Waals surface area (Å²) in [6, 6.07) is 15.5. The van der Waals surface area contributed by atoms with Gasteiger partial charge in [0.1, 0.15) is 5.82 Å². The first-order valence-corrected chi connectivity index (χ1v) is 10.7. The second kappa shape index (κ2) is 8.95. The van der Waals surface area contributed by atoms with Crippen LogP contribution in [0.3, 0.4) is 0 Å². The maximum Gasteiger partial charge on any atom is 0.224 e. The summed E-state index contributed by atoms with van der Waals surface area (Å²) in [7, 11) is 2.20. The molecule has 2 atom stereocenters. The van der Waals surface area contributed by atoms with Crippen LogP contribution in [0.4, 0.5) is 15.8 Å². The standard InChI is InChI=1S/C24H30FN3O/c1-27-16-19-14-15-28(23(19)17-27)22-12-10-21(11-13-22)26-24(29)5-3-2-4-18-6-8-20(25)9-7-18/h6-13,19,23H,2-5,14-17H2,1H3,(H,26,29)/t19-,23+/m0/s1. The molecule has 2 heterocycles. The van der Waals surface area contributed by atoms with Crippen LogP contribution in [0.5, 0.6) is 0 Å². The zero-order chi connectivity index (χ0) is 20.2. The third kappa shape index (κ3) is 4.96. The molecule has 2 aromatic rings. The number of hydrogen-bond donors (Lipinski definition) is 1. The van der Waals surface area contributed by atoms with Gasteiger partial charge in [0, 0.05) is 43.5 Å². The summed E-state index contributed by atoms with van der Waals surface area (Å²) in [4.78, 5) is 17.2. The molecule has 0 aromatic heterocycles. The number of aryl methyl sites for hydroxylation is 1. The summed E-state index contributed by atoms with van der Waals surface area (Å²) < 4.78 is 12.9. The van der Waals surface area contributed by atoms with Crippen LogP contribution >= 0.6 is 0 Å². The number of carbonyl (C=O) groups excluding carboxylic acids is 1. The van der Waals surface area contributed by atoms with Crippen molar-refractivity contribution in [3.8, 4) is 0 Å². The molecule has 4 nitrogen and oxygen atoms in total. The minimum Gasteiger partial charge on any atom is -0.367 e. The van der Waals surface area contributed by atoms with E-state index < -0.39 is 0 Å². The molecule has 0 aliphatic carbocycles. The van der Waals surface area contributed by atoms with E-state index in [1.807, 2.05) is 24.3 Å². The number of unbranched alkanes of at least 4 members (excludes halogenated alkanes) is 1. The molecule has 2 aliphatic heterocycles. The fourth-order valence-corrected chi connectivity index (χ4v) is 4.72. The molecule has 2 fully saturated rings. The smallest absolute Gasteiger partial charge is 0.224 e. The lowest BCUT2D eigenvalue weighted by Gasteiger charge is -2.26. The highest BCUT2D eigenvalue weighted by Crippen LogP contribution is 2.34. The molecule has 1 amide bonds. The van der Waals surface area contributed by atoms with Gasteiger partial charge in [0.05, 0.1) is 0 Å². The van der Waals surface area contributed by atoms with Gasteiger partial charge in [-0.05, 0) is 80.6 Å². The average molecular weight is 396 g/mol. The molecular weight excluding hydrogens is 365 g/mol. The van der Waals surface area contributed by atoms with Crippen LogP contribution in [0.2, 0.25) is 0 Å². The maximum atomic E-state index is 12.9. The number of nitrogens with one attached hydrogen (secondary N) is 1. The Bertz CT molecular complexity index is 821. The van der Waals surface area contributed by atoms with Crippen LogP contribution in [0.1, 0.15) is 31.2 Å². The molecule has 29 heavy (non-hydrogen) atoms. The molecule has 1 N–H and O–H groups in total. The van der Waals surface area contributed by atoms with Gasteiger partial charge in [-0.15, -0.1) is 0 Å². The lowest BCUT2D eigenvalue weighted by molar-refractivity contribution is -0.116. The normalized spacial score (nSPS) is 21.4. The number of likely N-dealkylation sites (tertiary alicyclic amines) is 1. The summed E-state index contributed by atoms with van der Waals surface area (Å²) in [5.74, 6) is 0.629. The van der Waals surface area contributed by atoms with Crippen LogP contribution in [-0.4, -0.2) is 43.5 Å². The molecule has 154 valence electrons. The monoisotopic (exact) mass is 395 g/mol. The molecule has 2 aromatic carbocycles. The van der Waals surface area contributed by atoms with Gasteiger partial charge in [-0.25, -0.2) is 4.39 Å². The number of anilines is 2. The van der Waals surface area contributed by atoms with Crippen LogP contribution < -0.4 is 10.2 Å². The molecule has 0 bridgehead atoms. The summed E-state index contributed by atoms with van der Waals surface area (Å²) in [5, 5.41) is 3.00. The second-order valence-corrected chi connectivity index (χ2v) is 8.46. The Morgan fingerprint density at radius 2 is 1.83 bits per heavy atom. The van der Waals surface area contributed by atoms with E-state index in [0.29, 0.717) is 12.5 Å². The van der Waals surface area contributed by atoms with E-state index in [9.17, 15) is 9.18 Å². The van der Waals surface area contributed by atoms with E-state index >= 15 is 0 Å². The lowest BCUT2D eigenvalue weighted by atomic mass is 10.0. The van der Waals surface area contributed by atoms with Gasteiger partial charge >= 0.3 is 0 Å². The Kier molecular flexibility index (Phi) is 6.14. The largest absolute Gasteiger partial charge is 0.367 e. The Hall–Kier alpha value is -2.40. The first kappa shape index (κ1) is 19.9. The molecule has 2 aliphatic rings. The SMILES string of the molecule is CN1C[C@@H]2CCN(c3ccc(NC(=O)CCCCc4ccc(F)cc4)cc3)[C@@H]2C1. The van der Waals surface area contributed by atoms with Gasteiger partial charge in [-0.1, -0.05) is 12.1 Å². The number of benzene rings is 2. The maximum absolute atomic E-state index is 12.9. The van der Waals surface area contributed by atoms with E-state index in [1.165, 1.54) is 30.8 Å². The average Bonchev–Trinajstić information content (AvgIpc) is 3.26. The molecule has 5 heteroatoms. The summed E-state index contributed by atoms with van der Waals surface area (Å²) >= 11 is 0. The van der Waals surface area contributed by atoms with Gasteiger partial charge in [0.25, 0.3) is 0 Å². The third-order valence-electron chi connectivity index (χ3n) is 6.25. The van der Waals surface area contributed by atoms with Crippen molar-refractivity contribution in [2.24, 2.45) is 5.92 Å². The van der Waals surface area contributed by atoms with E-state index in [4.69, 9.17) is 0 Å². The highest BCUT2D eigenvalue weighted by Gasteiger charge is 2.39. The van der Waals surface area contributed by atoms with Crippen molar-refractivity contribution in [3.05, 3.63) is 59.9 Å². The molecule has 4 rings (SSSR count). The summed E-state index contributed by atoms with van der Waals surface area (Å²) in [6.07, 6.45) is 4.39. The van der Waals surface area contributed by atoms with E-state index in [1.54, 1.807) is 0 Å². The number of amides is 1. The predicted octanol–water partition coefficient (Wildman–Crippen LogP) is 4.32. The van der Waals surface area contributed by atoms with Crippen LogP contribution in [0.25, 0.3) is 0 Å². The quantitative estimate of drug-likeness (QED) is 0.710. The Morgan fingerprint density at radius 3 is 2.59 bits per heavy atom. The number of fused-ring (bicyclic) bond motifs is 1. The minimum absolute atomic E-state index is 0.0514. The fraction of sp³-hybridized carbons (Fsp3) is 0.458. The highest BCUT2D eigenvalue weighted by atomic mass is 19.1. The van der Waals surface area contributed by atoms with Crippen molar-refractivity contribution >= 4 is 17.3 Å². The fourth-order valence-electron chi connectivity index (χ4n) is 4.72. The summed E-state index contributed by atoms with van der Waals surface area (Å²) in [5.41, 5.74) is 3.22. The molecule has 0 unspecified atom stereocenters. The van der Waals surface area contributed by atoms with Crippen LogP contribution in [0.15, 0.2) is 48.5 Å². The molecule has 2 saturated heterocycles. The van der Waals surface area contributed by atoms with Crippen molar-refractivity contribution in [1.29, 1.82) is 0 Å². The van der Waals surface area contributed by atoms with Crippen molar-refractivity contribution in [2.75, 3.05) is 36.9 Å². The Balaban J connectivity index is 1.21. The zero-order valence-electron chi connectivity index (χ0n) is 17.1. The molecule has 0 saturated carbocycles. The van der Waals surface area contributed by atoms with E-state index in [0.717, 1.165) is 49.5 Å². The number of halogens is 1. The van der Waals surface area contributed by atoms with Gasteiger partial charge < -0.3 is 15.1 Å². The van der Waals surface area contributed by atoms with Gasteiger partial charge in [-0.2, -0.15) is 0 Å². The summed E-state index contributed by atoms with van der Waals surface area (Å²) in [6.45, 7) is 3.47. The van der Waals surface area contributed by atoms with Crippen molar-refractivity contribution in [1.82, 2.24) is 4.90 Å². The first-order valence-electron chi connectivity index (χ1n) is 10.7. The number of carbonyl (C=O) groups is 1. The topological polar surface area (TPSA) is 35.6 Å². The Labute approximate surface area is 172 Å². The predicted molar refractivity (Wildman–Crippen MR) is 116 cm³/mol. The molecule has 0 radical (unpaired) electrons. The molecule has 0 spiro atoms. The van der Waals surface area contributed by atoms with E-state index in [2.05, 4.69) is 34.3 Å². The first-order chi connectivity index (χ1) is 14.1. The highest BCUT2D eigenvalue weighted by molar-refractivity contribution is 5.90. The Morgan fingerprint density at radius 1 is 1.07 bits per heavy atom. The number of likely N-dealkylation sites (N-methyl/N-ethyl adjacent to an activating group) is 1. The molecular formula is C24H30FN3O. The van der Waals surface area contributed by atoms with Crippen molar-refractivity contribution in [3.63, 3.8) is 0 Å². The second-order valence-electron chi connectivity index (χ2n) is 8.46. The van der Waals surface area contributed by atoms with E-state index in [-0.39, 0.29) is 11.7 Å². The van der Waals surface area contributed by atoms with Crippen LogP contribution in [0, 0.1) is 11.7 Å². The van der Waals surface area contributed by atoms with Gasteiger partial charge in [-0.3, -0.25) is 4.79 Å². The zero-order valence-corrected chi connectivity index (χ0v) is 17.1. The minimum atomic E-state index is -0.209. The lowest BCUT2D eigenvalue weighted by Crippen LogP contribution is -2.34. The third-order valence-corrected chi connectivity index (χ3v) is 6.25. The van der Waals surface area contributed by atoms with Gasteiger partial charge in [0.2, 0.25) is 5.91 Å². The number of rotatable bonds is 7. The van der Waals surface area contributed by atoms with Gasteiger partial charge in [0.15, 0.2) is 0 Å². The van der Waals surface area contributed by atoms with Crippen molar-refractivity contribution in [2.45, 2.75) is 38.1 Å². The van der Waals surface area contributed by atoms with Crippen molar-refractivity contribution < 1.29 is 9.18 Å².